The van der Waals surface area contributed by atoms with Crippen molar-refractivity contribution >= 4 is 27.7 Å². The fourth-order valence-corrected chi connectivity index (χ4v) is 5.21. The summed E-state index contributed by atoms with van der Waals surface area (Å²) >= 11 is 0. The number of methoxy groups -OCH3 is 3. The number of ether oxygens (including phenoxy) is 3. The lowest BCUT2D eigenvalue weighted by Gasteiger charge is -2.20. The van der Waals surface area contributed by atoms with Crippen LogP contribution < -0.4 is 19.5 Å². The molecule has 1 fully saturated rings. The lowest BCUT2D eigenvalue weighted by molar-refractivity contribution is -0.111. The van der Waals surface area contributed by atoms with Crippen LogP contribution in [-0.4, -0.2) is 53.0 Å². The topological polar surface area (TPSA) is 94.2 Å². The van der Waals surface area contributed by atoms with E-state index in [1.807, 2.05) is 0 Å². The van der Waals surface area contributed by atoms with Gasteiger partial charge >= 0.3 is 0 Å². The highest BCUT2D eigenvalue weighted by Crippen LogP contribution is 2.38. The van der Waals surface area contributed by atoms with Gasteiger partial charge in [-0.15, -0.1) is 0 Å². The first-order valence-corrected chi connectivity index (χ1v) is 12.2. The Kier molecular flexibility index (Phi) is 8.35. The number of anilines is 1. The molecule has 1 aliphatic heterocycles. The molecule has 0 bridgehead atoms. The lowest BCUT2D eigenvalue weighted by Crippen LogP contribution is -2.31. The van der Waals surface area contributed by atoms with E-state index < -0.39 is 10.0 Å². The Hall–Kier alpha value is -3.04. The molecule has 178 valence electrons. The van der Waals surface area contributed by atoms with Crippen LogP contribution in [0.5, 0.6) is 17.2 Å². The van der Waals surface area contributed by atoms with Crippen LogP contribution in [-0.2, 0) is 14.8 Å². The predicted molar refractivity (Wildman–Crippen MR) is 127 cm³/mol. The summed E-state index contributed by atoms with van der Waals surface area (Å²) in [5.41, 5.74) is 1.20. The molecular weight excluding hydrogens is 444 g/mol. The third-order valence-electron chi connectivity index (χ3n) is 5.44. The number of nitrogens with one attached hydrogen (secondary N) is 1. The molecule has 1 N–H and O–H groups in total. The Labute approximate surface area is 195 Å². The number of hydrogen-bond donors (Lipinski definition) is 1. The highest BCUT2D eigenvalue weighted by molar-refractivity contribution is 7.89. The summed E-state index contributed by atoms with van der Waals surface area (Å²) in [7, 11) is 1.04. The predicted octanol–water partition coefficient (Wildman–Crippen LogP) is 3.93. The summed E-state index contributed by atoms with van der Waals surface area (Å²) < 4.78 is 43.2. The van der Waals surface area contributed by atoms with Gasteiger partial charge in [-0.25, -0.2) is 8.42 Å². The molecule has 2 aromatic rings. The fourth-order valence-electron chi connectivity index (χ4n) is 3.69. The second-order valence-electron chi connectivity index (χ2n) is 7.62. The zero-order valence-corrected chi connectivity index (χ0v) is 20.0. The van der Waals surface area contributed by atoms with E-state index in [-0.39, 0.29) is 10.8 Å². The average Bonchev–Trinajstić information content (AvgIpc) is 3.12. The molecule has 8 nitrogen and oxygen atoms in total. The summed E-state index contributed by atoms with van der Waals surface area (Å²) in [5.74, 6) is 1.08. The summed E-state index contributed by atoms with van der Waals surface area (Å²) in [5, 5.41) is 2.74. The van der Waals surface area contributed by atoms with Crippen molar-refractivity contribution in [3.05, 3.63) is 48.0 Å². The van der Waals surface area contributed by atoms with Gasteiger partial charge in [-0.05, 0) is 60.9 Å². The van der Waals surface area contributed by atoms with Gasteiger partial charge in [0.05, 0.1) is 26.2 Å². The van der Waals surface area contributed by atoms with Crippen molar-refractivity contribution < 1.29 is 27.4 Å². The molecule has 0 spiro atoms. The zero-order chi connectivity index (χ0) is 23.8. The van der Waals surface area contributed by atoms with Gasteiger partial charge in [-0.1, -0.05) is 12.8 Å². The van der Waals surface area contributed by atoms with E-state index in [4.69, 9.17) is 14.2 Å². The van der Waals surface area contributed by atoms with Crippen LogP contribution in [0.1, 0.15) is 31.2 Å². The first-order chi connectivity index (χ1) is 15.9. The number of amides is 1. The maximum atomic E-state index is 12.9. The largest absolute Gasteiger partial charge is 0.493 e. The van der Waals surface area contributed by atoms with Crippen LogP contribution >= 0.6 is 0 Å². The summed E-state index contributed by atoms with van der Waals surface area (Å²) in [6.07, 6.45) is 6.87. The molecule has 3 rings (SSSR count). The van der Waals surface area contributed by atoms with Crippen LogP contribution in [0.2, 0.25) is 0 Å². The molecule has 9 heteroatoms. The molecule has 0 radical (unpaired) electrons. The minimum Gasteiger partial charge on any atom is -0.493 e. The Bertz CT molecular complexity index is 1060. The summed E-state index contributed by atoms with van der Waals surface area (Å²) in [4.78, 5) is 12.6. The molecular formula is C24H30N2O6S. The van der Waals surface area contributed by atoms with Crippen LogP contribution in [0.3, 0.4) is 0 Å². The van der Waals surface area contributed by atoms with Crippen molar-refractivity contribution in [2.75, 3.05) is 39.7 Å². The molecule has 33 heavy (non-hydrogen) atoms. The van der Waals surface area contributed by atoms with Crippen molar-refractivity contribution in [3.8, 4) is 17.2 Å². The van der Waals surface area contributed by atoms with E-state index in [0.29, 0.717) is 41.6 Å². The SMILES string of the molecule is COc1cc(C=CC(=O)Nc2ccc(S(=O)(=O)N3CCCCCC3)cc2)cc(OC)c1OC. The molecule has 0 saturated carbocycles. The van der Waals surface area contributed by atoms with E-state index >= 15 is 0 Å². The highest BCUT2D eigenvalue weighted by Gasteiger charge is 2.25. The number of nitrogens with zero attached hydrogens (tertiary/aromatic N) is 1. The number of carbonyl (C=O) groups is 1. The third kappa shape index (κ3) is 6.06. The normalized spacial score (nSPS) is 15.1. The smallest absolute Gasteiger partial charge is 0.248 e. The maximum Gasteiger partial charge on any atom is 0.248 e. The van der Waals surface area contributed by atoms with Gasteiger partial charge in [0.2, 0.25) is 21.7 Å². The van der Waals surface area contributed by atoms with Gasteiger partial charge in [0.15, 0.2) is 11.5 Å². The second-order valence-corrected chi connectivity index (χ2v) is 9.56. The van der Waals surface area contributed by atoms with Crippen molar-refractivity contribution in [1.29, 1.82) is 0 Å². The number of benzene rings is 2. The lowest BCUT2D eigenvalue weighted by atomic mass is 10.1. The standard InChI is InChI=1S/C24H30N2O6S/c1-30-21-16-18(17-22(31-2)24(21)32-3)8-13-23(27)25-19-9-11-20(12-10-19)33(28,29)26-14-6-4-5-7-15-26/h8-13,16-17H,4-7,14-15H2,1-3H3,(H,25,27). The minimum atomic E-state index is -3.52. The molecule has 0 aliphatic carbocycles. The maximum absolute atomic E-state index is 12.9. The van der Waals surface area contributed by atoms with E-state index in [1.165, 1.54) is 39.5 Å². The fraction of sp³-hybridized carbons (Fsp3) is 0.375. The average molecular weight is 475 g/mol. The number of hydrogen-bond acceptors (Lipinski definition) is 6. The second kappa shape index (κ2) is 11.2. The molecule has 0 aromatic heterocycles. The van der Waals surface area contributed by atoms with Gasteiger partial charge in [0.1, 0.15) is 0 Å². The van der Waals surface area contributed by atoms with Crippen LogP contribution in [0.4, 0.5) is 5.69 Å². The third-order valence-corrected chi connectivity index (χ3v) is 7.35. The van der Waals surface area contributed by atoms with Crippen molar-refractivity contribution in [2.24, 2.45) is 0 Å². The van der Waals surface area contributed by atoms with Gasteiger partial charge in [-0.2, -0.15) is 4.31 Å². The molecule has 1 heterocycles. The van der Waals surface area contributed by atoms with E-state index in [2.05, 4.69) is 5.32 Å². The van der Waals surface area contributed by atoms with Gasteiger partial charge in [0, 0.05) is 24.9 Å². The van der Waals surface area contributed by atoms with Crippen LogP contribution in [0, 0.1) is 0 Å². The van der Waals surface area contributed by atoms with E-state index in [9.17, 15) is 13.2 Å². The van der Waals surface area contributed by atoms with Crippen molar-refractivity contribution in [3.63, 3.8) is 0 Å². The summed E-state index contributed by atoms with van der Waals surface area (Å²) in [6.45, 7) is 1.10. The molecule has 0 unspecified atom stereocenters. The zero-order valence-electron chi connectivity index (χ0n) is 19.2. The van der Waals surface area contributed by atoms with Crippen LogP contribution in [0.25, 0.3) is 6.08 Å². The Balaban J connectivity index is 1.68. The molecule has 1 saturated heterocycles. The first kappa shape index (κ1) is 24.6. The van der Waals surface area contributed by atoms with Crippen molar-refractivity contribution in [1.82, 2.24) is 4.31 Å². The van der Waals surface area contributed by atoms with E-state index in [0.717, 1.165) is 25.7 Å². The van der Waals surface area contributed by atoms with Gasteiger partial charge in [-0.3, -0.25) is 4.79 Å². The highest BCUT2D eigenvalue weighted by atomic mass is 32.2. The van der Waals surface area contributed by atoms with Crippen molar-refractivity contribution in [2.45, 2.75) is 30.6 Å². The molecule has 2 aromatic carbocycles. The Morgan fingerprint density at radius 3 is 2.00 bits per heavy atom. The molecule has 1 aliphatic rings. The minimum absolute atomic E-state index is 0.232. The van der Waals surface area contributed by atoms with Gasteiger partial charge < -0.3 is 19.5 Å². The quantitative estimate of drug-likeness (QED) is 0.583. The first-order valence-electron chi connectivity index (χ1n) is 10.8. The Morgan fingerprint density at radius 2 is 1.48 bits per heavy atom. The monoisotopic (exact) mass is 474 g/mol. The Morgan fingerprint density at radius 1 is 0.909 bits per heavy atom. The molecule has 1 amide bonds. The number of sulfonamides is 1. The molecule has 0 atom stereocenters. The summed E-state index contributed by atoms with van der Waals surface area (Å²) in [6, 6.07) is 9.70. The van der Waals surface area contributed by atoms with Gasteiger partial charge in [0.25, 0.3) is 0 Å². The van der Waals surface area contributed by atoms with E-state index in [1.54, 1.807) is 34.6 Å². The number of rotatable bonds is 8. The van der Waals surface area contributed by atoms with Crippen LogP contribution in [0.15, 0.2) is 47.4 Å². The number of carbonyl (C=O) groups excluding carboxylic acids is 1.